The molecule has 0 bridgehead atoms. The highest BCUT2D eigenvalue weighted by molar-refractivity contribution is 6.43. The third-order valence-electron chi connectivity index (χ3n) is 3.77. The van der Waals surface area contributed by atoms with Crippen molar-refractivity contribution >= 4 is 23.3 Å². The number of ketones is 1. The van der Waals surface area contributed by atoms with Crippen molar-refractivity contribution in [3.05, 3.63) is 52.3 Å². The van der Waals surface area contributed by atoms with Crippen LogP contribution in [0.3, 0.4) is 0 Å². The van der Waals surface area contributed by atoms with Gasteiger partial charge in [0.1, 0.15) is 5.69 Å². The smallest absolute Gasteiger partial charge is 0.289 e. The number of rotatable bonds is 4. The molecule has 1 aromatic carbocycles. The molecule has 0 saturated carbocycles. The molecule has 8 heteroatoms. The van der Waals surface area contributed by atoms with Crippen LogP contribution < -0.4 is 11.1 Å². The van der Waals surface area contributed by atoms with Gasteiger partial charge in [0.25, 0.3) is 17.6 Å². The van der Waals surface area contributed by atoms with Crippen LogP contribution in [-0.2, 0) is 11.8 Å². The zero-order valence-electron chi connectivity index (χ0n) is 13.2. The second kappa shape index (κ2) is 6.23. The quantitative estimate of drug-likeness (QED) is 0.659. The Kier molecular flexibility index (Phi) is 4.50. The highest BCUT2D eigenvalue weighted by Gasteiger charge is 2.27. The number of aromatic nitrogens is 1. The summed E-state index contributed by atoms with van der Waals surface area (Å²) in [5, 5.41) is 2.42. The number of hydrogen-bond acceptors (Lipinski definition) is 3. The van der Waals surface area contributed by atoms with E-state index in [0.717, 1.165) is 12.1 Å². The first-order valence-electron chi connectivity index (χ1n) is 6.91. The molecule has 1 aromatic heterocycles. The molecule has 0 aliphatic rings. The predicted octanol–water partition coefficient (Wildman–Crippen LogP) is 1.84. The molecule has 126 valence electrons. The molecule has 0 radical (unpaired) electrons. The summed E-state index contributed by atoms with van der Waals surface area (Å²) in [6.07, 6.45) is 0. The Balaban J connectivity index is 2.43. The number of benzene rings is 1. The molecule has 0 atom stereocenters. The van der Waals surface area contributed by atoms with Gasteiger partial charge in [0.05, 0.1) is 5.56 Å². The van der Waals surface area contributed by atoms with E-state index >= 15 is 0 Å². The van der Waals surface area contributed by atoms with Gasteiger partial charge in [-0.25, -0.2) is 8.78 Å². The number of carbonyl (C=O) groups is 3. The summed E-state index contributed by atoms with van der Waals surface area (Å²) in [4.78, 5) is 35.5. The maximum absolute atomic E-state index is 13.2. The van der Waals surface area contributed by atoms with Crippen LogP contribution in [0.25, 0.3) is 0 Å². The van der Waals surface area contributed by atoms with E-state index in [1.807, 2.05) is 0 Å². The summed E-state index contributed by atoms with van der Waals surface area (Å²) >= 11 is 0. The van der Waals surface area contributed by atoms with E-state index in [4.69, 9.17) is 5.73 Å². The van der Waals surface area contributed by atoms with Gasteiger partial charge in [-0.3, -0.25) is 14.4 Å². The highest BCUT2D eigenvalue weighted by atomic mass is 19.2. The lowest BCUT2D eigenvalue weighted by Crippen LogP contribution is -2.24. The van der Waals surface area contributed by atoms with Gasteiger partial charge in [-0.1, -0.05) is 0 Å². The molecule has 3 N–H and O–H groups in total. The third-order valence-corrected chi connectivity index (χ3v) is 3.77. The number of anilines is 1. The van der Waals surface area contributed by atoms with E-state index < -0.39 is 29.2 Å². The molecule has 2 amide bonds. The van der Waals surface area contributed by atoms with Crippen molar-refractivity contribution in [2.24, 2.45) is 12.8 Å². The van der Waals surface area contributed by atoms with Crippen LogP contribution >= 0.6 is 0 Å². The first-order chi connectivity index (χ1) is 11.1. The molecule has 24 heavy (non-hydrogen) atoms. The van der Waals surface area contributed by atoms with Crippen LogP contribution in [0.2, 0.25) is 0 Å². The van der Waals surface area contributed by atoms with E-state index in [-0.39, 0.29) is 22.5 Å². The highest BCUT2D eigenvalue weighted by Crippen LogP contribution is 2.23. The van der Waals surface area contributed by atoms with Gasteiger partial charge >= 0.3 is 0 Å². The van der Waals surface area contributed by atoms with Crippen molar-refractivity contribution in [2.75, 3.05) is 5.32 Å². The normalized spacial score (nSPS) is 10.5. The van der Waals surface area contributed by atoms with Gasteiger partial charge in [-0.2, -0.15) is 0 Å². The lowest BCUT2D eigenvalue weighted by atomic mass is 10.1. The zero-order valence-corrected chi connectivity index (χ0v) is 13.2. The van der Waals surface area contributed by atoms with E-state index in [1.54, 1.807) is 14.0 Å². The fraction of sp³-hybridized carbons (Fsp3) is 0.188. The number of amides is 2. The van der Waals surface area contributed by atoms with E-state index in [1.165, 1.54) is 17.6 Å². The maximum atomic E-state index is 13.2. The van der Waals surface area contributed by atoms with Crippen LogP contribution in [0.4, 0.5) is 14.5 Å². The van der Waals surface area contributed by atoms with Gasteiger partial charge in [-0.15, -0.1) is 0 Å². The van der Waals surface area contributed by atoms with Gasteiger partial charge < -0.3 is 15.6 Å². The molecule has 0 unspecified atom stereocenters. The second-order valence-corrected chi connectivity index (χ2v) is 5.27. The Morgan fingerprint density at radius 1 is 1.12 bits per heavy atom. The van der Waals surface area contributed by atoms with Crippen LogP contribution in [0.1, 0.15) is 32.1 Å². The number of Topliss-reactive ketones (excluding diaryl/α,β-unsaturated/α-hetero) is 1. The Labute approximate surface area is 136 Å². The number of nitrogens with one attached hydrogen (secondary N) is 1. The van der Waals surface area contributed by atoms with Crippen LogP contribution in [0, 0.1) is 25.5 Å². The lowest BCUT2D eigenvalue weighted by molar-refractivity contribution is -0.114. The molecule has 0 aliphatic heterocycles. The van der Waals surface area contributed by atoms with Crippen molar-refractivity contribution in [1.29, 1.82) is 0 Å². The Bertz CT molecular complexity index is 872. The summed E-state index contributed by atoms with van der Waals surface area (Å²) in [5.74, 6) is -4.79. The summed E-state index contributed by atoms with van der Waals surface area (Å²) < 4.78 is 27.6. The minimum Gasteiger partial charge on any atom is -0.363 e. The van der Waals surface area contributed by atoms with E-state index in [2.05, 4.69) is 5.32 Å². The summed E-state index contributed by atoms with van der Waals surface area (Å²) in [6.45, 7) is 3.07. The number of nitrogens with zero attached hydrogens (tertiary/aromatic N) is 1. The lowest BCUT2D eigenvalue weighted by Gasteiger charge is -2.08. The van der Waals surface area contributed by atoms with Crippen LogP contribution in [0.15, 0.2) is 18.2 Å². The molecule has 2 rings (SSSR count). The third kappa shape index (κ3) is 2.90. The van der Waals surface area contributed by atoms with E-state index in [9.17, 15) is 23.2 Å². The van der Waals surface area contributed by atoms with Crippen molar-refractivity contribution < 1.29 is 23.2 Å². The second-order valence-electron chi connectivity index (χ2n) is 5.27. The van der Waals surface area contributed by atoms with Crippen molar-refractivity contribution in [3.8, 4) is 0 Å². The average Bonchev–Trinajstić information content (AvgIpc) is 2.72. The van der Waals surface area contributed by atoms with E-state index in [0.29, 0.717) is 5.69 Å². The molecular formula is C16H15F2N3O3. The molecule has 2 aromatic rings. The largest absolute Gasteiger partial charge is 0.363 e. The monoisotopic (exact) mass is 335 g/mol. The van der Waals surface area contributed by atoms with Gasteiger partial charge in [-0.05, 0) is 31.5 Å². The number of nitrogens with two attached hydrogens (primary N) is 1. The fourth-order valence-corrected chi connectivity index (χ4v) is 2.52. The van der Waals surface area contributed by atoms with Crippen molar-refractivity contribution in [3.63, 3.8) is 0 Å². The first-order valence-corrected chi connectivity index (χ1v) is 6.91. The van der Waals surface area contributed by atoms with Crippen LogP contribution in [-0.4, -0.2) is 22.2 Å². The average molecular weight is 335 g/mol. The number of primary amides is 1. The number of carbonyl (C=O) groups excluding carboxylic acids is 3. The summed E-state index contributed by atoms with van der Waals surface area (Å²) in [6, 6.07) is 2.93. The fourth-order valence-electron chi connectivity index (χ4n) is 2.52. The SMILES string of the molecule is Cc1c(C(=O)C(N)=O)c(C)n(C)c1C(=O)Nc1ccc(F)c(F)c1. The van der Waals surface area contributed by atoms with Gasteiger partial charge in [0.15, 0.2) is 11.6 Å². The molecular weight excluding hydrogens is 320 g/mol. The van der Waals surface area contributed by atoms with Crippen LogP contribution in [0.5, 0.6) is 0 Å². The molecule has 0 saturated heterocycles. The summed E-state index contributed by atoms with van der Waals surface area (Å²) in [5.41, 5.74) is 5.92. The molecule has 0 aliphatic carbocycles. The Morgan fingerprint density at radius 3 is 2.29 bits per heavy atom. The summed E-state index contributed by atoms with van der Waals surface area (Å²) in [7, 11) is 1.54. The van der Waals surface area contributed by atoms with Crippen molar-refractivity contribution in [2.45, 2.75) is 13.8 Å². The first kappa shape index (κ1) is 17.3. The topological polar surface area (TPSA) is 94.2 Å². The standard InChI is InChI=1S/C16H15F2N3O3/c1-7-12(14(22)15(19)23)8(2)21(3)13(7)16(24)20-9-4-5-10(17)11(18)6-9/h4-6H,1-3H3,(H2,19,23)(H,20,24). The van der Waals surface area contributed by atoms with Gasteiger partial charge in [0, 0.05) is 24.5 Å². The van der Waals surface area contributed by atoms with Gasteiger partial charge in [0.2, 0.25) is 0 Å². The maximum Gasteiger partial charge on any atom is 0.289 e. The number of halogens is 2. The molecule has 1 heterocycles. The molecule has 0 fully saturated rings. The molecule has 6 nitrogen and oxygen atoms in total. The zero-order chi connectivity index (χ0) is 18.2. The minimum atomic E-state index is -1.13. The minimum absolute atomic E-state index is 0.0555. The Morgan fingerprint density at radius 2 is 1.75 bits per heavy atom. The number of hydrogen-bond donors (Lipinski definition) is 2. The Hall–Kier alpha value is -3.03. The predicted molar refractivity (Wildman–Crippen MR) is 82.7 cm³/mol. The van der Waals surface area contributed by atoms with Crippen molar-refractivity contribution in [1.82, 2.24) is 4.57 Å². The molecule has 0 spiro atoms.